The van der Waals surface area contributed by atoms with Gasteiger partial charge in [0.25, 0.3) is 5.91 Å². The average Bonchev–Trinajstić information content (AvgIpc) is 3.05. The van der Waals surface area contributed by atoms with Crippen molar-refractivity contribution in [2.45, 2.75) is 26.7 Å². The number of benzene rings is 1. The monoisotopic (exact) mass is 295 g/mol. The van der Waals surface area contributed by atoms with Gasteiger partial charge in [0.1, 0.15) is 5.82 Å². The molecule has 0 unspecified atom stereocenters. The summed E-state index contributed by atoms with van der Waals surface area (Å²) >= 11 is 0. The van der Waals surface area contributed by atoms with E-state index in [4.69, 9.17) is 0 Å². The number of anilines is 2. The predicted molar refractivity (Wildman–Crippen MR) is 89.6 cm³/mol. The highest BCUT2D eigenvalue weighted by Gasteiger charge is 2.20. The molecule has 2 aromatic rings. The molecule has 22 heavy (non-hydrogen) atoms. The van der Waals surface area contributed by atoms with E-state index in [0.29, 0.717) is 5.56 Å². The number of carbonyl (C=O) groups excluding carboxylic acids is 1. The number of aromatic nitrogens is 1. The molecule has 1 N–H and O–H groups in total. The van der Waals surface area contributed by atoms with E-state index in [9.17, 15) is 4.79 Å². The lowest BCUT2D eigenvalue weighted by Crippen LogP contribution is -2.24. The maximum absolute atomic E-state index is 12.7. The fourth-order valence-electron chi connectivity index (χ4n) is 2.82. The molecule has 1 aliphatic heterocycles. The number of hydrogen-bond donors (Lipinski definition) is 1. The second kappa shape index (κ2) is 6.18. The molecular weight excluding hydrogens is 274 g/mol. The van der Waals surface area contributed by atoms with Crippen LogP contribution in [0.25, 0.3) is 0 Å². The first-order valence-electron chi connectivity index (χ1n) is 7.74. The van der Waals surface area contributed by atoms with Crippen LogP contribution >= 0.6 is 0 Å². The van der Waals surface area contributed by atoms with Crippen LogP contribution in [0.3, 0.4) is 0 Å². The highest BCUT2D eigenvalue weighted by Crippen LogP contribution is 2.24. The summed E-state index contributed by atoms with van der Waals surface area (Å²) in [5, 5.41) is 3.03. The van der Waals surface area contributed by atoms with Crippen molar-refractivity contribution in [1.82, 2.24) is 4.98 Å². The van der Waals surface area contributed by atoms with Crippen molar-refractivity contribution in [3.05, 3.63) is 53.2 Å². The van der Waals surface area contributed by atoms with E-state index in [0.717, 1.165) is 48.6 Å². The summed E-state index contributed by atoms with van der Waals surface area (Å²) in [5.41, 5.74) is 3.70. The minimum absolute atomic E-state index is 0.0938. The molecule has 0 bridgehead atoms. The largest absolute Gasteiger partial charge is 0.356 e. The van der Waals surface area contributed by atoms with Crippen molar-refractivity contribution in [3.63, 3.8) is 0 Å². The predicted octanol–water partition coefficient (Wildman–Crippen LogP) is 3.55. The molecule has 2 heterocycles. The fourth-order valence-corrected chi connectivity index (χ4v) is 2.82. The zero-order valence-electron chi connectivity index (χ0n) is 13.1. The molecule has 1 amide bonds. The summed E-state index contributed by atoms with van der Waals surface area (Å²) in [5.74, 6) is 0.700. The molecule has 4 nitrogen and oxygen atoms in total. The molecule has 0 saturated carbocycles. The number of nitrogens with zero attached hydrogens (tertiary/aromatic N) is 2. The molecule has 4 heteroatoms. The molecule has 1 saturated heterocycles. The maximum atomic E-state index is 12.7. The summed E-state index contributed by atoms with van der Waals surface area (Å²) in [6.07, 6.45) is 4.07. The van der Waals surface area contributed by atoms with E-state index in [-0.39, 0.29) is 5.91 Å². The van der Waals surface area contributed by atoms with Crippen molar-refractivity contribution < 1.29 is 4.79 Å². The Morgan fingerprint density at radius 3 is 2.73 bits per heavy atom. The second-order valence-corrected chi connectivity index (χ2v) is 5.84. The molecule has 0 aliphatic carbocycles. The number of carbonyl (C=O) groups is 1. The fraction of sp³-hybridized carbons (Fsp3) is 0.333. The Balaban J connectivity index is 1.87. The SMILES string of the molecule is Cc1ccc(C)c(NC(=O)c2cccnc2N2CCCC2)c1. The summed E-state index contributed by atoms with van der Waals surface area (Å²) in [6, 6.07) is 9.73. The van der Waals surface area contributed by atoms with Crippen LogP contribution in [0.4, 0.5) is 11.5 Å². The third-order valence-electron chi connectivity index (χ3n) is 4.08. The van der Waals surface area contributed by atoms with Gasteiger partial charge in [0.2, 0.25) is 0 Å². The van der Waals surface area contributed by atoms with Gasteiger partial charge in [-0.15, -0.1) is 0 Å². The van der Waals surface area contributed by atoms with Gasteiger partial charge in [-0.3, -0.25) is 4.79 Å². The first-order chi connectivity index (χ1) is 10.6. The number of nitrogens with one attached hydrogen (secondary N) is 1. The molecule has 0 atom stereocenters. The lowest BCUT2D eigenvalue weighted by molar-refractivity contribution is 0.102. The molecule has 114 valence electrons. The van der Waals surface area contributed by atoms with Crippen LogP contribution in [0.1, 0.15) is 34.3 Å². The van der Waals surface area contributed by atoms with Crippen molar-refractivity contribution in [2.75, 3.05) is 23.3 Å². The van der Waals surface area contributed by atoms with E-state index in [2.05, 4.69) is 15.2 Å². The summed E-state index contributed by atoms with van der Waals surface area (Å²) in [7, 11) is 0. The molecule has 3 rings (SSSR count). The van der Waals surface area contributed by atoms with Crippen molar-refractivity contribution in [3.8, 4) is 0 Å². The Hall–Kier alpha value is -2.36. The van der Waals surface area contributed by atoms with E-state index in [1.165, 1.54) is 0 Å². The zero-order chi connectivity index (χ0) is 15.5. The number of amides is 1. The highest BCUT2D eigenvalue weighted by molar-refractivity contribution is 6.07. The van der Waals surface area contributed by atoms with Gasteiger partial charge in [-0.25, -0.2) is 4.98 Å². The maximum Gasteiger partial charge on any atom is 0.259 e. The Morgan fingerprint density at radius 2 is 1.95 bits per heavy atom. The lowest BCUT2D eigenvalue weighted by atomic mass is 10.1. The van der Waals surface area contributed by atoms with Gasteiger partial charge in [-0.1, -0.05) is 12.1 Å². The molecule has 1 aliphatic rings. The van der Waals surface area contributed by atoms with Gasteiger partial charge >= 0.3 is 0 Å². The summed E-state index contributed by atoms with van der Waals surface area (Å²) in [6.45, 7) is 5.97. The van der Waals surface area contributed by atoms with Gasteiger partial charge in [0, 0.05) is 25.0 Å². The lowest BCUT2D eigenvalue weighted by Gasteiger charge is -2.19. The van der Waals surface area contributed by atoms with Gasteiger partial charge in [-0.05, 0) is 56.0 Å². The van der Waals surface area contributed by atoms with Crippen molar-refractivity contribution >= 4 is 17.4 Å². The Kier molecular flexibility index (Phi) is 4.09. The van der Waals surface area contributed by atoms with Crippen LogP contribution < -0.4 is 10.2 Å². The highest BCUT2D eigenvalue weighted by atomic mass is 16.1. The van der Waals surface area contributed by atoms with Crippen LogP contribution in [0.5, 0.6) is 0 Å². The number of aryl methyl sites for hydroxylation is 2. The van der Waals surface area contributed by atoms with Gasteiger partial charge in [0.15, 0.2) is 0 Å². The average molecular weight is 295 g/mol. The van der Waals surface area contributed by atoms with E-state index in [1.807, 2.05) is 44.2 Å². The van der Waals surface area contributed by atoms with Gasteiger partial charge in [-0.2, -0.15) is 0 Å². The third-order valence-corrected chi connectivity index (χ3v) is 4.08. The van der Waals surface area contributed by atoms with Gasteiger partial charge < -0.3 is 10.2 Å². The van der Waals surface area contributed by atoms with E-state index < -0.39 is 0 Å². The third kappa shape index (κ3) is 2.96. The van der Waals surface area contributed by atoms with E-state index >= 15 is 0 Å². The zero-order valence-corrected chi connectivity index (χ0v) is 13.1. The van der Waals surface area contributed by atoms with Gasteiger partial charge in [0.05, 0.1) is 5.56 Å². The van der Waals surface area contributed by atoms with Crippen LogP contribution in [0.2, 0.25) is 0 Å². The minimum Gasteiger partial charge on any atom is -0.356 e. The van der Waals surface area contributed by atoms with Crippen LogP contribution in [0.15, 0.2) is 36.5 Å². The smallest absolute Gasteiger partial charge is 0.259 e. The number of hydrogen-bond acceptors (Lipinski definition) is 3. The Morgan fingerprint density at radius 1 is 1.18 bits per heavy atom. The van der Waals surface area contributed by atoms with Crippen LogP contribution in [0, 0.1) is 13.8 Å². The van der Waals surface area contributed by atoms with Crippen LogP contribution in [-0.2, 0) is 0 Å². The molecule has 1 fully saturated rings. The molecular formula is C18H21N3O. The minimum atomic E-state index is -0.0938. The Bertz CT molecular complexity index is 690. The molecule has 1 aromatic carbocycles. The first-order valence-corrected chi connectivity index (χ1v) is 7.74. The Labute approximate surface area is 131 Å². The normalized spacial score (nSPS) is 14.2. The van der Waals surface area contributed by atoms with Crippen LogP contribution in [-0.4, -0.2) is 24.0 Å². The van der Waals surface area contributed by atoms with Crippen molar-refractivity contribution in [2.24, 2.45) is 0 Å². The molecule has 0 spiro atoms. The standard InChI is InChI=1S/C18H21N3O/c1-13-7-8-14(2)16(12-13)20-18(22)15-6-5-9-19-17(15)21-10-3-4-11-21/h5-9,12H,3-4,10-11H2,1-2H3,(H,20,22). The molecule has 0 radical (unpaired) electrons. The number of pyridine rings is 1. The summed E-state index contributed by atoms with van der Waals surface area (Å²) < 4.78 is 0. The topological polar surface area (TPSA) is 45.2 Å². The molecule has 1 aromatic heterocycles. The quantitative estimate of drug-likeness (QED) is 0.942. The summed E-state index contributed by atoms with van der Waals surface area (Å²) in [4.78, 5) is 19.3. The first kappa shape index (κ1) is 14.6. The van der Waals surface area contributed by atoms with Crippen molar-refractivity contribution in [1.29, 1.82) is 0 Å². The second-order valence-electron chi connectivity index (χ2n) is 5.84. The van der Waals surface area contributed by atoms with E-state index in [1.54, 1.807) is 6.20 Å². The number of rotatable bonds is 3.